The number of rotatable bonds is 5. The molecule has 2 heterocycles. The number of para-hydroxylation sites is 1. The Labute approximate surface area is 187 Å². The van der Waals surface area contributed by atoms with Crippen molar-refractivity contribution in [2.45, 2.75) is 31.0 Å². The zero-order chi connectivity index (χ0) is 22.1. The van der Waals surface area contributed by atoms with Gasteiger partial charge in [-0.1, -0.05) is 60.7 Å². The fraction of sp³-hybridized carbons (Fsp3) is 0.308. The highest BCUT2D eigenvalue weighted by Crippen LogP contribution is 2.42. The number of nitrogens with zero attached hydrogens (tertiary/aromatic N) is 2. The SMILES string of the molecule is O=C(O)CN1C(=O)C2(CCNCC2)N(c2ccccc2)C1Cc1cccc2ccccc12. The molecule has 0 aromatic heterocycles. The Morgan fingerprint density at radius 1 is 0.969 bits per heavy atom. The van der Waals surface area contributed by atoms with Crippen LogP contribution in [0.3, 0.4) is 0 Å². The second-order valence-electron chi connectivity index (χ2n) is 8.64. The van der Waals surface area contributed by atoms with Crippen LogP contribution in [0.5, 0.6) is 0 Å². The van der Waals surface area contributed by atoms with Crippen LogP contribution in [0.25, 0.3) is 10.8 Å². The van der Waals surface area contributed by atoms with Crippen LogP contribution < -0.4 is 10.2 Å². The number of fused-ring (bicyclic) bond motifs is 1. The van der Waals surface area contributed by atoms with Gasteiger partial charge in [0.05, 0.1) is 0 Å². The summed E-state index contributed by atoms with van der Waals surface area (Å²) in [5, 5.41) is 15.3. The van der Waals surface area contributed by atoms with Gasteiger partial charge in [0.25, 0.3) is 5.91 Å². The van der Waals surface area contributed by atoms with E-state index in [0.29, 0.717) is 19.3 Å². The zero-order valence-corrected chi connectivity index (χ0v) is 17.9. The Morgan fingerprint density at radius 3 is 2.41 bits per heavy atom. The van der Waals surface area contributed by atoms with E-state index in [4.69, 9.17) is 0 Å². The van der Waals surface area contributed by atoms with Crippen LogP contribution in [0.15, 0.2) is 72.8 Å². The lowest BCUT2D eigenvalue weighted by Crippen LogP contribution is -2.57. The summed E-state index contributed by atoms with van der Waals surface area (Å²) >= 11 is 0. The van der Waals surface area contributed by atoms with Gasteiger partial charge >= 0.3 is 5.97 Å². The van der Waals surface area contributed by atoms with Gasteiger partial charge in [-0.15, -0.1) is 0 Å². The molecule has 1 unspecified atom stereocenters. The molecule has 2 fully saturated rings. The molecule has 0 aliphatic carbocycles. The molecule has 1 spiro atoms. The molecule has 2 N–H and O–H groups in total. The summed E-state index contributed by atoms with van der Waals surface area (Å²) in [6.07, 6.45) is 1.50. The number of carboxylic acid groups (broad SMARTS) is 1. The topological polar surface area (TPSA) is 72.9 Å². The molecule has 3 aromatic carbocycles. The predicted octanol–water partition coefficient (Wildman–Crippen LogP) is 3.26. The van der Waals surface area contributed by atoms with Gasteiger partial charge in [0.15, 0.2) is 0 Å². The molecule has 2 aliphatic rings. The molecule has 0 bridgehead atoms. The monoisotopic (exact) mass is 429 g/mol. The summed E-state index contributed by atoms with van der Waals surface area (Å²) in [5.74, 6) is -1.06. The van der Waals surface area contributed by atoms with E-state index >= 15 is 0 Å². The highest BCUT2D eigenvalue weighted by molar-refractivity contribution is 5.96. The van der Waals surface area contributed by atoms with Gasteiger partial charge in [0.1, 0.15) is 18.2 Å². The van der Waals surface area contributed by atoms with Crippen LogP contribution in [0, 0.1) is 0 Å². The van der Waals surface area contributed by atoms with Gasteiger partial charge < -0.3 is 20.2 Å². The van der Waals surface area contributed by atoms with Crippen molar-refractivity contribution in [3.63, 3.8) is 0 Å². The first-order valence-corrected chi connectivity index (χ1v) is 11.1. The number of carboxylic acids is 1. The predicted molar refractivity (Wildman–Crippen MR) is 125 cm³/mol. The number of piperidine rings is 1. The minimum Gasteiger partial charge on any atom is -0.480 e. The molecular weight excluding hydrogens is 402 g/mol. The number of hydrogen-bond donors (Lipinski definition) is 2. The van der Waals surface area contributed by atoms with Crippen LogP contribution in [-0.4, -0.2) is 53.2 Å². The summed E-state index contributed by atoms with van der Waals surface area (Å²) in [4.78, 5) is 29.5. The molecule has 164 valence electrons. The molecule has 6 heteroatoms. The summed E-state index contributed by atoms with van der Waals surface area (Å²) < 4.78 is 0. The smallest absolute Gasteiger partial charge is 0.323 e. The molecule has 1 amide bonds. The second-order valence-corrected chi connectivity index (χ2v) is 8.64. The van der Waals surface area contributed by atoms with E-state index in [1.54, 1.807) is 4.90 Å². The molecule has 32 heavy (non-hydrogen) atoms. The third kappa shape index (κ3) is 3.41. The Balaban J connectivity index is 1.65. The van der Waals surface area contributed by atoms with Crippen molar-refractivity contribution in [3.8, 4) is 0 Å². The lowest BCUT2D eigenvalue weighted by Gasteiger charge is -2.42. The van der Waals surface area contributed by atoms with Gasteiger partial charge in [-0.3, -0.25) is 9.59 Å². The molecule has 1 atom stereocenters. The quantitative estimate of drug-likeness (QED) is 0.651. The van der Waals surface area contributed by atoms with E-state index in [-0.39, 0.29) is 18.6 Å². The van der Waals surface area contributed by atoms with E-state index in [1.807, 2.05) is 48.5 Å². The molecule has 0 saturated carbocycles. The number of nitrogens with one attached hydrogen (secondary N) is 1. The van der Waals surface area contributed by atoms with Crippen molar-refractivity contribution in [1.29, 1.82) is 0 Å². The summed E-state index contributed by atoms with van der Waals surface area (Å²) in [6, 6.07) is 24.4. The Kier molecular flexibility index (Phi) is 5.31. The second kappa shape index (κ2) is 8.28. The summed E-state index contributed by atoms with van der Waals surface area (Å²) in [5.41, 5.74) is 1.35. The largest absolute Gasteiger partial charge is 0.480 e. The first-order valence-electron chi connectivity index (χ1n) is 11.1. The number of benzene rings is 3. The maximum atomic E-state index is 13.9. The highest BCUT2D eigenvalue weighted by Gasteiger charge is 2.57. The lowest BCUT2D eigenvalue weighted by molar-refractivity contribution is -0.145. The molecule has 2 saturated heterocycles. The Morgan fingerprint density at radius 2 is 1.66 bits per heavy atom. The summed E-state index contributed by atoms with van der Waals surface area (Å²) in [7, 11) is 0. The molecule has 2 aliphatic heterocycles. The number of aliphatic carboxylic acids is 1. The van der Waals surface area contributed by atoms with Crippen LogP contribution in [0.2, 0.25) is 0 Å². The standard InChI is InChI=1S/C26H27N3O3/c30-24(31)18-28-23(17-20-9-6-8-19-7-4-5-12-22(19)20)29(21-10-2-1-3-11-21)26(25(28)32)13-15-27-16-14-26/h1-12,23,27H,13-18H2,(H,30,31). The Hall–Kier alpha value is -3.38. The normalized spacial score (nSPS) is 20.2. The van der Waals surface area contributed by atoms with Crippen LogP contribution in [0.4, 0.5) is 5.69 Å². The van der Waals surface area contributed by atoms with E-state index in [1.165, 1.54) is 0 Å². The van der Waals surface area contributed by atoms with Gasteiger partial charge in [-0.2, -0.15) is 0 Å². The number of hydrogen-bond acceptors (Lipinski definition) is 4. The Bertz CT molecular complexity index is 1140. The van der Waals surface area contributed by atoms with Crippen LogP contribution in [0.1, 0.15) is 18.4 Å². The van der Waals surface area contributed by atoms with E-state index < -0.39 is 11.5 Å². The van der Waals surface area contributed by atoms with Gasteiger partial charge in [-0.05, 0) is 54.4 Å². The molecule has 6 nitrogen and oxygen atoms in total. The average Bonchev–Trinajstić information content (AvgIpc) is 3.02. The number of carbonyl (C=O) groups excluding carboxylic acids is 1. The van der Waals surface area contributed by atoms with Gasteiger partial charge in [-0.25, -0.2) is 0 Å². The van der Waals surface area contributed by atoms with Gasteiger partial charge in [0.2, 0.25) is 0 Å². The van der Waals surface area contributed by atoms with Crippen molar-refractivity contribution in [2.24, 2.45) is 0 Å². The third-order valence-electron chi connectivity index (χ3n) is 6.83. The van der Waals surface area contributed by atoms with Crippen molar-refractivity contribution < 1.29 is 14.7 Å². The van der Waals surface area contributed by atoms with Crippen molar-refractivity contribution >= 4 is 28.3 Å². The average molecular weight is 430 g/mol. The maximum Gasteiger partial charge on any atom is 0.323 e. The van der Waals surface area contributed by atoms with Crippen molar-refractivity contribution in [1.82, 2.24) is 10.2 Å². The van der Waals surface area contributed by atoms with Gasteiger partial charge in [0, 0.05) is 12.1 Å². The fourth-order valence-corrected chi connectivity index (χ4v) is 5.42. The van der Waals surface area contributed by atoms with Crippen molar-refractivity contribution in [2.75, 3.05) is 24.5 Å². The van der Waals surface area contributed by atoms with Crippen LogP contribution >= 0.6 is 0 Å². The van der Waals surface area contributed by atoms with E-state index in [2.05, 4.69) is 34.5 Å². The molecule has 0 radical (unpaired) electrons. The molecule has 3 aromatic rings. The third-order valence-corrected chi connectivity index (χ3v) is 6.83. The molecule has 5 rings (SSSR count). The fourth-order valence-electron chi connectivity index (χ4n) is 5.42. The molecular formula is C26H27N3O3. The van der Waals surface area contributed by atoms with E-state index in [0.717, 1.165) is 35.1 Å². The zero-order valence-electron chi connectivity index (χ0n) is 17.9. The summed E-state index contributed by atoms with van der Waals surface area (Å²) in [6.45, 7) is 1.17. The van der Waals surface area contributed by atoms with Crippen LogP contribution in [-0.2, 0) is 16.0 Å². The minimum atomic E-state index is -0.986. The number of carbonyl (C=O) groups is 2. The first-order chi connectivity index (χ1) is 15.6. The number of anilines is 1. The minimum absolute atomic E-state index is 0.0736. The number of amides is 1. The lowest BCUT2D eigenvalue weighted by atomic mass is 9.86. The van der Waals surface area contributed by atoms with E-state index in [9.17, 15) is 14.7 Å². The van der Waals surface area contributed by atoms with Crippen molar-refractivity contribution in [3.05, 3.63) is 78.4 Å². The highest BCUT2D eigenvalue weighted by atomic mass is 16.4. The first kappa shape index (κ1) is 20.5. The maximum absolute atomic E-state index is 13.9.